The predicted molar refractivity (Wildman–Crippen MR) is 122 cm³/mol. The van der Waals surface area contributed by atoms with Gasteiger partial charge in [0.15, 0.2) is 0 Å². The van der Waals surface area contributed by atoms with Crippen molar-refractivity contribution in [1.82, 2.24) is 20.5 Å². The fraction of sp³-hybridized carbons (Fsp3) is 0.0435. The predicted octanol–water partition coefficient (Wildman–Crippen LogP) is 5.14. The number of hydrogen-bond donors (Lipinski definition) is 3. The summed E-state index contributed by atoms with van der Waals surface area (Å²) in [7, 11) is 0. The molecule has 170 valence electrons. The standard InChI is InChI=1S/C23H13Cl2F2N5O2/c24-12-3-10(4-14(27)5-12)22(33)31-18-7-17(11-8-28-29-9-11)30-21-19(18)20(32-23(21)34)15-6-13(26)1-2-16(15)25/h1-9,20H,(H,28,29)(H,32,34)(H,30,31,33)/t20-/m1/s1. The number of anilines is 1. The van der Waals surface area contributed by atoms with Gasteiger partial charge < -0.3 is 10.6 Å². The summed E-state index contributed by atoms with van der Waals surface area (Å²) in [4.78, 5) is 30.3. The molecule has 1 atom stereocenters. The van der Waals surface area contributed by atoms with Crippen LogP contribution in [-0.4, -0.2) is 27.0 Å². The number of nitrogens with zero attached hydrogens (tertiary/aromatic N) is 2. The first-order valence-electron chi connectivity index (χ1n) is 9.87. The number of fused-ring (bicyclic) bond motifs is 1. The molecule has 11 heteroatoms. The summed E-state index contributed by atoms with van der Waals surface area (Å²) in [5, 5.41) is 12.3. The lowest BCUT2D eigenvalue weighted by atomic mass is 9.97. The highest BCUT2D eigenvalue weighted by Gasteiger charge is 2.36. The molecule has 0 spiro atoms. The van der Waals surface area contributed by atoms with E-state index in [9.17, 15) is 18.4 Å². The van der Waals surface area contributed by atoms with E-state index in [2.05, 4.69) is 25.8 Å². The largest absolute Gasteiger partial charge is 0.340 e. The maximum Gasteiger partial charge on any atom is 0.271 e. The van der Waals surface area contributed by atoms with Crippen LogP contribution in [0.2, 0.25) is 10.0 Å². The number of pyridine rings is 1. The Morgan fingerprint density at radius 3 is 2.62 bits per heavy atom. The van der Waals surface area contributed by atoms with Crippen molar-refractivity contribution in [3.63, 3.8) is 0 Å². The first-order valence-corrected chi connectivity index (χ1v) is 10.6. The number of nitrogens with one attached hydrogen (secondary N) is 3. The number of rotatable bonds is 4. The van der Waals surface area contributed by atoms with Crippen molar-refractivity contribution in [1.29, 1.82) is 0 Å². The molecule has 0 bridgehead atoms. The van der Waals surface area contributed by atoms with Gasteiger partial charge in [0, 0.05) is 38.5 Å². The number of carbonyl (C=O) groups excluding carboxylic acids is 2. The molecule has 7 nitrogen and oxygen atoms in total. The number of H-pyrrole nitrogens is 1. The minimum absolute atomic E-state index is 0.0246. The van der Waals surface area contributed by atoms with Crippen molar-refractivity contribution in [2.45, 2.75) is 6.04 Å². The third-order valence-corrected chi connectivity index (χ3v) is 5.84. The van der Waals surface area contributed by atoms with Gasteiger partial charge in [-0.15, -0.1) is 0 Å². The summed E-state index contributed by atoms with van der Waals surface area (Å²) in [6.45, 7) is 0. The Hall–Kier alpha value is -3.82. The van der Waals surface area contributed by atoms with Gasteiger partial charge in [0.25, 0.3) is 11.8 Å². The van der Waals surface area contributed by atoms with Gasteiger partial charge in [0.1, 0.15) is 17.3 Å². The van der Waals surface area contributed by atoms with E-state index in [4.69, 9.17) is 23.2 Å². The number of aromatic nitrogens is 3. The minimum Gasteiger partial charge on any atom is -0.340 e. The van der Waals surface area contributed by atoms with E-state index < -0.39 is 29.5 Å². The molecular formula is C23H13Cl2F2N5O2. The van der Waals surface area contributed by atoms with Crippen LogP contribution in [-0.2, 0) is 0 Å². The zero-order valence-electron chi connectivity index (χ0n) is 17.0. The van der Waals surface area contributed by atoms with E-state index in [1.165, 1.54) is 30.5 Å². The van der Waals surface area contributed by atoms with Crippen molar-refractivity contribution in [3.05, 3.63) is 98.9 Å². The zero-order chi connectivity index (χ0) is 24.0. The molecule has 0 unspecified atom stereocenters. The second-order valence-electron chi connectivity index (χ2n) is 7.49. The van der Waals surface area contributed by atoms with Crippen LogP contribution in [0.4, 0.5) is 14.5 Å². The van der Waals surface area contributed by atoms with Gasteiger partial charge in [-0.1, -0.05) is 23.2 Å². The molecule has 0 saturated carbocycles. The minimum atomic E-state index is -0.886. The number of hydrogen-bond acceptors (Lipinski definition) is 4. The Bertz CT molecular complexity index is 1440. The van der Waals surface area contributed by atoms with Gasteiger partial charge in [-0.2, -0.15) is 5.10 Å². The van der Waals surface area contributed by atoms with E-state index in [0.29, 0.717) is 16.8 Å². The van der Waals surface area contributed by atoms with E-state index in [-0.39, 0.29) is 32.6 Å². The third kappa shape index (κ3) is 4.00. The van der Waals surface area contributed by atoms with Gasteiger partial charge >= 0.3 is 0 Å². The van der Waals surface area contributed by atoms with Crippen LogP contribution < -0.4 is 10.6 Å². The number of carbonyl (C=O) groups is 2. The molecule has 3 heterocycles. The lowest BCUT2D eigenvalue weighted by Crippen LogP contribution is -2.21. The van der Waals surface area contributed by atoms with Crippen LogP contribution in [0.15, 0.2) is 54.9 Å². The van der Waals surface area contributed by atoms with Crippen LogP contribution in [0.1, 0.15) is 38.0 Å². The summed E-state index contributed by atoms with van der Waals surface area (Å²) >= 11 is 12.2. The lowest BCUT2D eigenvalue weighted by molar-refractivity contribution is 0.0955. The number of amides is 2. The first kappa shape index (κ1) is 22.0. The third-order valence-electron chi connectivity index (χ3n) is 5.27. The van der Waals surface area contributed by atoms with Gasteiger partial charge in [-0.05, 0) is 42.5 Å². The van der Waals surface area contributed by atoms with Gasteiger partial charge in [0.2, 0.25) is 0 Å². The summed E-state index contributed by atoms with van der Waals surface area (Å²) in [6.07, 6.45) is 3.07. The van der Waals surface area contributed by atoms with Crippen molar-refractivity contribution in [2.75, 3.05) is 5.32 Å². The monoisotopic (exact) mass is 499 g/mol. The Balaban J connectivity index is 1.66. The van der Waals surface area contributed by atoms with Crippen LogP contribution in [0.5, 0.6) is 0 Å². The lowest BCUT2D eigenvalue weighted by Gasteiger charge is -2.18. The summed E-state index contributed by atoms with van der Waals surface area (Å²) in [6, 6.07) is 7.84. The highest BCUT2D eigenvalue weighted by molar-refractivity contribution is 6.31. The number of aromatic amines is 1. The Kier molecular flexibility index (Phi) is 5.51. The van der Waals surface area contributed by atoms with Crippen molar-refractivity contribution >= 4 is 40.7 Å². The van der Waals surface area contributed by atoms with Crippen molar-refractivity contribution in [2.24, 2.45) is 0 Å². The average molecular weight is 500 g/mol. The van der Waals surface area contributed by atoms with Gasteiger partial charge in [-0.25, -0.2) is 13.8 Å². The molecule has 0 aliphatic carbocycles. The van der Waals surface area contributed by atoms with Crippen molar-refractivity contribution < 1.29 is 18.4 Å². The van der Waals surface area contributed by atoms with Crippen LogP contribution in [0.3, 0.4) is 0 Å². The topological polar surface area (TPSA) is 99.8 Å². The highest BCUT2D eigenvalue weighted by atomic mass is 35.5. The van der Waals surface area contributed by atoms with Crippen LogP contribution in [0.25, 0.3) is 11.3 Å². The zero-order valence-corrected chi connectivity index (χ0v) is 18.5. The highest BCUT2D eigenvalue weighted by Crippen LogP contribution is 2.40. The second-order valence-corrected chi connectivity index (χ2v) is 8.33. The molecule has 4 aromatic rings. The Morgan fingerprint density at radius 2 is 1.88 bits per heavy atom. The normalized spacial score (nSPS) is 14.6. The summed E-state index contributed by atoms with van der Waals surface area (Å²) < 4.78 is 27.8. The Labute approximate surface area is 201 Å². The van der Waals surface area contributed by atoms with E-state index in [1.54, 1.807) is 12.3 Å². The molecule has 0 saturated heterocycles. The van der Waals surface area contributed by atoms with Gasteiger partial charge in [0.05, 0.1) is 23.6 Å². The quantitative estimate of drug-likeness (QED) is 0.361. The molecule has 34 heavy (non-hydrogen) atoms. The van der Waals surface area contributed by atoms with E-state index in [0.717, 1.165) is 12.1 Å². The maximum atomic E-state index is 14.0. The number of halogens is 4. The first-order chi connectivity index (χ1) is 16.3. The van der Waals surface area contributed by atoms with Gasteiger partial charge in [-0.3, -0.25) is 14.7 Å². The maximum absolute atomic E-state index is 14.0. The molecule has 1 aliphatic heterocycles. The molecule has 0 fully saturated rings. The molecule has 3 N–H and O–H groups in total. The summed E-state index contributed by atoms with van der Waals surface area (Å²) in [5.41, 5.74) is 1.69. The summed E-state index contributed by atoms with van der Waals surface area (Å²) in [5.74, 6) is -2.44. The van der Waals surface area contributed by atoms with E-state index >= 15 is 0 Å². The SMILES string of the molecule is O=C(Nc1cc(-c2cn[nH]c2)nc2c1[C@@H](c1cc(F)ccc1Cl)NC2=O)c1cc(F)cc(Cl)c1. The molecule has 5 rings (SSSR count). The molecule has 1 aliphatic rings. The molecule has 0 radical (unpaired) electrons. The molecule has 2 amide bonds. The smallest absolute Gasteiger partial charge is 0.271 e. The van der Waals surface area contributed by atoms with Crippen molar-refractivity contribution in [3.8, 4) is 11.3 Å². The molecule has 2 aromatic heterocycles. The second kappa shape index (κ2) is 8.51. The fourth-order valence-electron chi connectivity index (χ4n) is 3.78. The fourth-order valence-corrected chi connectivity index (χ4v) is 4.23. The average Bonchev–Trinajstić information content (AvgIpc) is 3.43. The Morgan fingerprint density at radius 1 is 1.06 bits per heavy atom. The molecule has 2 aromatic carbocycles. The van der Waals surface area contributed by atoms with Crippen LogP contribution in [0, 0.1) is 11.6 Å². The number of benzene rings is 2. The van der Waals surface area contributed by atoms with Crippen LogP contribution >= 0.6 is 23.2 Å². The van der Waals surface area contributed by atoms with E-state index in [1.807, 2.05) is 0 Å². The molecular weight excluding hydrogens is 487 g/mol.